The van der Waals surface area contributed by atoms with Crippen molar-refractivity contribution in [2.45, 2.75) is 43.0 Å². The highest BCUT2D eigenvalue weighted by molar-refractivity contribution is 7.92. The molecule has 1 saturated heterocycles. The van der Waals surface area contributed by atoms with Crippen molar-refractivity contribution in [3.05, 3.63) is 29.8 Å². The van der Waals surface area contributed by atoms with Crippen LogP contribution in [0.25, 0.3) is 0 Å². The zero-order valence-electron chi connectivity index (χ0n) is 14.5. The molecular weight excluding hydrogens is 391 g/mol. The summed E-state index contributed by atoms with van der Waals surface area (Å²) in [5, 5.41) is -0.789. The molecule has 0 N–H and O–H groups in total. The second-order valence-electron chi connectivity index (χ2n) is 6.87. The Balaban J connectivity index is 2.23. The molecule has 0 amide bonds. The van der Waals surface area contributed by atoms with E-state index in [2.05, 4.69) is 0 Å². The fourth-order valence-corrected chi connectivity index (χ4v) is 6.73. The minimum absolute atomic E-state index is 0.0220. The molecule has 5 nitrogen and oxygen atoms in total. The Kier molecular flexibility index (Phi) is 6.09. The molecule has 1 aromatic carbocycles. The van der Waals surface area contributed by atoms with Gasteiger partial charge in [-0.1, -0.05) is 13.8 Å². The van der Waals surface area contributed by atoms with E-state index in [9.17, 15) is 30.0 Å². The van der Waals surface area contributed by atoms with Gasteiger partial charge in [-0.25, -0.2) is 16.8 Å². The first-order valence-electron chi connectivity index (χ1n) is 8.23. The van der Waals surface area contributed by atoms with E-state index in [1.165, 1.54) is 0 Å². The molecular formula is C16H22F3NO4S2. The fraction of sp³-hybridized carbons (Fsp3) is 0.625. The molecule has 1 aliphatic heterocycles. The van der Waals surface area contributed by atoms with Crippen molar-refractivity contribution in [1.29, 1.82) is 0 Å². The average molecular weight is 413 g/mol. The van der Waals surface area contributed by atoms with Crippen LogP contribution >= 0.6 is 0 Å². The molecule has 0 spiro atoms. The third kappa shape index (κ3) is 4.77. The molecule has 1 aliphatic rings. The van der Waals surface area contributed by atoms with Gasteiger partial charge < -0.3 is 0 Å². The van der Waals surface area contributed by atoms with Crippen LogP contribution in [0, 0.1) is 5.92 Å². The van der Waals surface area contributed by atoms with Gasteiger partial charge in [0.05, 0.1) is 21.5 Å². The van der Waals surface area contributed by atoms with E-state index in [1.54, 1.807) is 13.8 Å². The van der Waals surface area contributed by atoms with Gasteiger partial charge in [-0.15, -0.1) is 0 Å². The lowest BCUT2D eigenvalue weighted by molar-refractivity contribution is -0.137. The summed E-state index contributed by atoms with van der Waals surface area (Å²) in [6.07, 6.45) is -3.78. The third-order valence-electron chi connectivity index (χ3n) is 4.23. The van der Waals surface area contributed by atoms with Crippen LogP contribution < -0.4 is 0 Å². The first kappa shape index (κ1) is 21.2. The van der Waals surface area contributed by atoms with Crippen LogP contribution in [0.3, 0.4) is 0 Å². The van der Waals surface area contributed by atoms with Gasteiger partial charge in [-0.3, -0.25) is 0 Å². The monoisotopic (exact) mass is 413 g/mol. The Morgan fingerprint density at radius 3 is 2.19 bits per heavy atom. The third-order valence-corrected chi connectivity index (χ3v) is 8.64. The SMILES string of the molecule is CC(C)CS(=O)(=O)[C@@H]1CCCN(S(=O)(=O)c2ccc(C(F)(F)F)cc2)C1. The Morgan fingerprint density at radius 2 is 1.69 bits per heavy atom. The molecule has 26 heavy (non-hydrogen) atoms. The summed E-state index contributed by atoms with van der Waals surface area (Å²) in [7, 11) is -7.48. The molecule has 0 aliphatic carbocycles. The van der Waals surface area contributed by atoms with Gasteiger partial charge >= 0.3 is 6.18 Å². The van der Waals surface area contributed by atoms with Crippen LogP contribution in [0.1, 0.15) is 32.3 Å². The number of sulfone groups is 1. The number of alkyl halides is 3. The van der Waals surface area contributed by atoms with Crippen LogP contribution in [0.4, 0.5) is 13.2 Å². The van der Waals surface area contributed by atoms with Crippen LogP contribution in [0.5, 0.6) is 0 Å². The lowest BCUT2D eigenvalue weighted by Gasteiger charge is -2.32. The number of sulfonamides is 1. The molecule has 0 saturated carbocycles. The van der Waals surface area contributed by atoms with E-state index in [0.717, 1.165) is 16.4 Å². The van der Waals surface area contributed by atoms with Gasteiger partial charge in [0.1, 0.15) is 0 Å². The van der Waals surface area contributed by atoms with Gasteiger partial charge in [0.25, 0.3) is 0 Å². The number of benzene rings is 1. The molecule has 1 aromatic rings. The minimum atomic E-state index is -4.55. The molecule has 10 heteroatoms. The number of halogens is 3. The van der Waals surface area contributed by atoms with Gasteiger partial charge in [-0.05, 0) is 43.0 Å². The van der Waals surface area contributed by atoms with Crippen molar-refractivity contribution in [2.24, 2.45) is 5.92 Å². The molecule has 0 bridgehead atoms. The van der Waals surface area contributed by atoms with E-state index in [4.69, 9.17) is 0 Å². The molecule has 1 heterocycles. The highest BCUT2D eigenvalue weighted by Crippen LogP contribution is 2.31. The standard InChI is InChI=1S/C16H22F3NO4S2/c1-12(2)11-25(21,22)15-4-3-9-20(10-15)26(23,24)14-7-5-13(6-8-14)16(17,18)19/h5-8,12,15H,3-4,9-11H2,1-2H3/t15-/m1/s1. The first-order valence-corrected chi connectivity index (χ1v) is 11.4. The van der Waals surface area contributed by atoms with Crippen LogP contribution in [-0.4, -0.2) is 45.2 Å². The number of hydrogen-bond donors (Lipinski definition) is 0. The van der Waals surface area contributed by atoms with Crippen molar-refractivity contribution in [1.82, 2.24) is 4.31 Å². The molecule has 1 fully saturated rings. The van der Waals surface area contributed by atoms with Crippen molar-refractivity contribution in [2.75, 3.05) is 18.8 Å². The Morgan fingerprint density at radius 1 is 1.12 bits per heavy atom. The summed E-state index contributed by atoms with van der Waals surface area (Å²) in [5.74, 6) is -0.0897. The summed E-state index contributed by atoms with van der Waals surface area (Å²) in [6.45, 7) is 3.53. The van der Waals surface area contributed by atoms with E-state index in [-0.39, 0.29) is 29.7 Å². The highest BCUT2D eigenvalue weighted by atomic mass is 32.2. The molecule has 1 atom stereocenters. The average Bonchev–Trinajstić information content (AvgIpc) is 2.53. The summed E-state index contributed by atoms with van der Waals surface area (Å²) in [6, 6.07) is 3.24. The van der Waals surface area contributed by atoms with Crippen LogP contribution in [0.15, 0.2) is 29.2 Å². The number of hydrogen-bond acceptors (Lipinski definition) is 4. The summed E-state index contributed by atoms with van der Waals surface area (Å²) in [5.41, 5.74) is -0.938. The van der Waals surface area contributed by atoms with Crippen molar-refractivity contribution < 1.29 is 30.0 Å². The normalized spacial score (nSPS) is 20.5. The van der Waals surface area contributed by atoms with Gasteiger partial charge in [-0.2, -0.15) is 17.5 Å². The Bertz CT molecular complexity index is 831. The number of piperidine rings is 1. The van der Waals surface area contributed by atoms with Gasteiger partial charge in [0, 0.05) is 13.1 Å². The maximum Gasteiger partial charge on any atom is 0.416 e. The Hall–Kier alpha value is -1.13. The smallest absolute Gasteiger partial charge is 0.228 e. The minimum Gasteiger partial charge on any atom is -0.228 e. The lowest BCUT2D eigenvalue weighted by Crippen LogP contribution is -2.46. The first-order chi connectivity index (χ1) is 11.8. The second-order valence-corrected chi connectivity index (χ2v) is 11.1. The summed E-state index contributed by atoms with van der Waals surface area (Å²) < 4.78 is 89.2. The van der Waals surface area contributed by atoms with Gasteiger partial charge in [0.15, 0.2) is 9.84 Å². The lowest BCUT2D eigenvalue weighted by atomic mass is 10.2. The van der Waals surface area contributed by atoms with Gasteiger partial charge in [0.2, 0.25) is 10.0 Å². The number of nitrogens with zero attached hydrogens (tertiary/aromatic N) is 1. The predicted octanol–water partition coefficient (Wildman–Crippen LogP) is 2.93. The zero-order valence-corrected chi connectivity index (χ0v) is 16.2. The van der Waals surface area contributed by atoms with Crippen molar-refractivity contribution in [3.8, 4) is 0 Å². The molecule has 0 aromatic heterocycles. The molecule has 0 radical (unpaired) electrons. The van der Waals surface area contributed by atoms with E-state index in [0.29, 0.717) is 25.0 Å². The fourth-order valence-electron chi connectivity index (χ4n) is 2.98. The molecule has 2 rings (SSSR count). The van der Waals surface area contributed by atoms with Crippen molar-refractivity contribution in [3.63, 3.8) is 0 Å². The summed E-state index contributed by atoms with van der Waals surface area (Å²) >= 11 is 0. The topological polar surface area (TPSA) is 71.5 Å². The highest BCUT2D eigenvalue weighted by Gasteiger charge is 2.37. The van der Waals surface area contributed by atoms with Crippen LogP contribution in [-0.2, 0) is 26.0 Å². The quantitative estimate of drug-likeness (QED) is 0.744. The van der Waals surface area contributed by atoms with Crippen molar-refractivity contribution >= 4 is 19.9 Å². The van der Waals surface area contributed by atoms with Crippen LogP contribution in [0.2, 0.25) is 0 Å². The van der Waals surface area contributed by atoms with E-state index in [1.807, 2.05) is 0 Å². The molecule has 0 unspecified atom stereocenters. The number of rotatable bonds is 5. The Labute approximate surface area is 152 Å². The van der Waals surface area contributed by atoms with E-state index >= 15 is 0 Å². The maximum absolute atomic E-state index is 12.7. The molecule has 148 valence electrons. The van der Waals surface area contributed by atoms with E-state index < -0.39 is 36.9 Å². The predicted molar refractivity (Wildman–Crippen MR) is 91.8 cm³/mol. The zero-order chi connectivity index (χ0) is 19.8. The summed E-state index contributed by atoms with van der Waals surface area (Å²) in [4.78, 5) is -0.271. The largest absolute Gasteiger partial charge is 0.416 e. The maximum atomic E-state index is 12.7. The second kappa shape index (κ2) is 7.47.